The van der Waals surface area contributed by atoms with E-state index in [0.29, 0.717) is 33.9 Å². The summed E-state index contributed by atoms with van der Waals surface area (Å²) in [5.74, 6) is -3.21. The predicted molar refractivity (Wildman–Crippen MR) is 196 cm³/mol. The van der Waals surface area contributed by atoms with E-state index in [4.69, 9.17) is 15.1 Å². The molecule has 0 aromatic carbocycles. The average Bonchev–Trinajstić information content (AvgIpc) is 3.72. The molecule has 2 aromatic heterocycles. The molecular formula is C39H40FeN4O8. The van der Waals surface area contributed by atoms with Crippen LogP contribution in [0.1, 0.15) is 79.6 Å². The molecule has 52 heavy (non-hydrogen) atoms. The molecule has 12 nitrogen and oxygen atoms in total. The van der Waals surface area contributed by atoms with Gasteiger partial charge in [-0.25, -0.2) is 0 Å². The molecule has 0 saturated heterocycles. The predicted octanol–water partition coefficient (Wildman–Crippen LogP) is 4.76. The molecular weight excluding hydrogens is 708 g/mol. The zero-order chi connectivity index (χ0) is 38.0. The first-order chi connectivity index (χ1) is 24.7. The summed E-state index contributed by atoms with van der Waals surface area (Å²) in [6, 6.07) is 0. The molecule has 0 spiro atoms. The van der Waals surface area contributed by atoms with Gasteiger partial charge in [-0.3, -0.25) is 9.59 Å². The second kappa shape index (κ2) is 15.4. The molecule has 0 amide bonds. The summed E-state index contributed by atoms with van der Waals surface area (Å²) in [5, 5.41) is 29.0. The molecule has 0 saturated carbocycles. The number of aliphatic imine (C=N–C) groups is 2. The topological polar surface area (TPSA) is 173 Å². The Hall–Kier alpha value is -5.52. The number of aromatic nitrogens is 2. The largest absolute Gasteiger partial charge is 0.481 e. The van der Waals surface area contributed by atoms with Crippen LogP contribution in [0.3, 0.4) is 0 Å². The number of fused-ring (bicyclic) bond motifs is 2. The summed E-state index contributed by atoms with van der Waals surface area (Å²) in [6.45, 7) is 16.4. The van der Waals surface area contributed by atoms with Crippen LogP contribution in [0.15, 0.2) is 62.9 Å². The standard InChI is InChI=1S/C34H34N4O4.C5H8O4.Fe/c1-7-21-17(3)25-13-26-19(5)23(9-11-33(39)40)31(37-26)16-32-24(10-12-34(41)42)20(6)28(38-32)15-30-22(8-2)18(4)27(36-30)14-29(21)35-25;1-9-5(8)3-2-4(6)7;/h7-8,13-16H,1-2,9-12H2,3-6H3,(H4,35,36,37,38,39,40,41,42);2-3H2,1H3,(H,6,7);/q;;+2/p-2/b25-13?,26-13-,27-14?,28-15-,29-14-,30-15?,31-16-,32-16?;;. The number of carboxylic acids is 3. The van der Waals surface area contributed by atoms with Gasteiger partial charge < -0.3 is 9.84 Å². The van der Waals surface area contributed by atoms with E-state index in [1.165, 1.54) is 7.11 Å². The monoisotopic (exact) mass is 748 g/mol. The Morgan fingerprint density at radius 2 is 1.35 bits per heavy atom. The Bertz CT molecular complexity index is 2290. The number of carbonyl (C=O) groups excluding carboxylic acids is 1. The molecule has 0 atom stereocenters. The SMILES string of the molecule is C=CC1=C(C)C2=NC/1=C\c1c(C)c(C=C)c3[n]1[Fe][n]1/c(c(C)c(CCC(=O)O)/c1=C/C1=NC(=C\3)/C(C)=C1CCC(=O)O)=C\2.COC(=O)CCC(=O)O. The van der Waals surface area contributed by atoms with Gasteiger partial charge in [-0.05, 0) is 0 Å². The molecule has 0 unspecified atom stereocenters. The maximum absolute atomic E-state index is 11.8. The van der Waals surface area contributed by atoms with E-state index in [-0.39, 0.29) is 25.7 Å². The summed E-state index contributed by atoms with van der Waals surface area (Å²) in [6.07, 6.45) is 12.4. The van der Waals surface area contributed by atoms with Crippen molar-refractivity contribution in [3.05, 3.63) is 97.3 Å². The Morgan fingerprint density at radius 1 is 0.731 bits per heavy atom. The molecule has 3 N–H and O–H groups in total. The van der Waals surface area contributed by atoms with Crippen molar-refractivity contribution in [3.63, 3.8) is 0 Å². The first-order valence-electron chi connectivity index (χ1n) is 16.5. The van der Waals surface area contributed by atoms with Crippen molar-refractivity contribution in [1.82, 2.24) is 7.17 Å². The maximum atomic E-state index is 11.8. The number of aliphatic carboxylic acids is 3. The van der Waals surface area contributed by atoms with Crippen LogP contribution in [-0.4, -0.2) is 64.9 Å². The maximum Gasteiger partial charge on any atom is 0.306 e. The fourth-order valence-electron chi connectivity index (χ4n) is 6.45. The average molecular weight is 749 g/mol. The molecule has 13 heteroatoms. The number of carbonyl (C=O) groups is 4. The second-order valence-electron chi connectivity index (χ2n) is 12.4. The first kappa shape index (κ1) is 37.7. The third-order valence-electron chi connectivity index (χ3n) is 9.32. The van der Waals surface area contributed by atoms with E-state index < -0.39 is 23.9 Å². The van der Waals surface area contributed by atoms with Crippen LogP contribution in [0.5, 0.6) is 0 Å². The smallest absolute Gasteiger partial charge is 0.306 e. The minimum absolute atomic E-state index is 0.0140. The van der Waals surface area contributed by atoms with E-state index in [2.05, 4.69) is 50.2 Å². The van der Waals surface area contributed by atoms with E-state index in [1.54, 1.807) is 0 Å². The number of rotatable bonds is 11. The summed E-state index contributed by atoms with van der Waals surface area (Å²) >= 11 is 0.463. The molecule has 6 heterocycles. The van der Waals surface area contributed by atoms with E-state index >= 15 is 0 Å². The summed E-state index contributed by atoms with van der Waals surface area (Å²) in [5.41, 5.74) is 12.9. The quantitative estimate of drug-likeness (QED) is 0.218. The number of ether oxygens (including phenoxy) is 1. The fourth-order valence-corrected chi connectivity index (χ4v) is 8.08. The number of hydrogen-bond acceptors (Lipinski definition) is 7. The van der Waals surface area contributed by atoms with Gasteiger partial charge in [0.1, 0.15) is 0 Å². The third-order valence-corrected chi connectivity index (χ3v) is 10.8. The minimum Gasteiger partial charge on any atom is -0.481 e. The van der Waals surface area contributed by atoms with Gasteiger partial charge in [0.2, 0.25) is 0 Å². The zero-order valence-electron chi connectivity index (χ0n) is 29.6. The number of carboxylic acid groups (broad SMARTS) is 3. The zero-order valence-corrected chi connectivity index (χ0v) is 30.8. The molecule has 2 aromatic rings. The summed E-state index contributed by atoms with van der Waals surface area (Å²) < 4.78 is 8.67. The van der Waals surface area contributed by atoms with Gasteiger partial charge in [0.15, 0.2) is 0 Å². The van der Waals surface area contributed by atoms with E-state index in [9.17, 15) is 29.4 Å². The number of nitrogens with zero attached hydrogens (tertiary/aromatic N) is 4. The Kier molecular flexibility index (Phi) is 11.2. The summed E-state index contributed by atoms with van der Waals surface area (Å²) in [7, 11) is 1.23. The van der Waals surface area contributed by atoms with Gasteiger partial charge in [-0.2, -0.15) is 0 Å². The van der Waals surface area contributed by atoms with Crippen molar-refractivity contribution < 1.29 is 54.6 Å². The Labute approximate surface area is 307 Å². The van der Waals surface area contributed by atoms with Crippen molar-refractivity contribution in [3.8, 4) is 0 Å². The van der Waals surface area contributed by atoms with Crippen LogP contribution in [0, 0.1) is 13.8 Å². The van der Waals surface area contributed by atoms with Crippen LogP contribution in [0.25, 0.3) is 30.4 Å². The summed E-state index contributed by atoms with van der Waals surface area (Å²) in [4.78, 5) is 53.5. The number of esters is 1. The molecule has 4 aliphatic heterocycles. The number of allylic oxidation sites excluding steroid dienone is 4. The van der Waals surface area contributed by atoms with Crippen molar-refractivity contribution in [1.29, 1.82) is 0 Å². The third kappa shape index (κ3) is 7.28. The van der Waals surface area contributed by atoms with Gasteiger partial charge in [-0.15, -0.1) is 0 Å². The van der Waals surface area contributed by atoms with Crippen LogP contribution in [0.4, 0.5) is 0 Å². The fraction of sp³-hybridized carbons (Fsp3) is 0.282. The van der Waals surface area contributed by atoms with Crippen molar-refractivity contribution in [2.45, 2.75) is 66.2 Å². The van der Waals surface area contributed by atoms with Gasteiger partial charge in [0, 0.05) is 0 Å². The first-order valence-corrected chi connectivity index (χ1v) is 17.5. The molecule has 4 aliphatic rings. The Balaban J connectivity index is 0.000000515. The van der Waals surface area contributed by atoms with Crippen LogP contribution in [0.2, 0.25) is 0 Å². The van der Waals surface area contributed by atoms with Crippen molar-refractivity contribution in [2.24, 2.45) is 9.98 Å². The number of hydrogen-bond donors (Lipinski definition) is 3. The van der Waals surface area contributed by atoms with Crippen molar-refractivity contribution >= 4 is 65.7 Å². The van der Waals surface area contributed by atoms with Gasteiger partial charge in [0.05, 0.1) is 20.0 Å². The van der Waals surface area contributed by atoms with Crippen LogP contribution >= 0.6 is 0 Å². The second-order valence-corrected chi connectivity index (χ2v) is 13.7. The minimum atomic E-state index is -0.986. The van der Waals surface area contributed by atoms with E-state index in [1.807, 2.05) is 39.0 Å². The molecule has 272 valence electrons. The van der Waals surface area contributed by atoms with E-state index in [0.717, 1.165) is 83.7 Å². The molecule has 0 fully saturated rings. The van der Waals surface area contributed by atoms with Gasteiger partial charge in [-0.1, -0.05) is 0 Å². The van der Waals surface area contributed by atoms with Crippen LogP contribution in [-0.2, 0) is 45.7 Å². The molecule has 0 radical (unpaired) electrons. The molecule has 0 aliphatic carbocycles. The molecule has 6 bridgehead atoms. The normalized spacial score (nSPS) is 18.6. The van der Waals surface area contributed by atoms with Gasteiger partial charge >= 0.3 is 269 Å². The Morgan fingerprint density at radius 3 is 1.96 bits per heavy atom. The molecule has 6 rings (SSSR count). The van der Waals surface area contributed by atoms with Crippen LogP contribution < -0.4 is 10.7 Å². The van der Waals surface area contributed by atoms with Crippen molar-refractivity contribution in [2.75, 3.05) is 7.11 Å². The van der Waals surface area contributed by atoms with Gasteiger partial charge in [0.25, 0.3) is 0 Å². The number of methoxy groups -OCH3 is 1.